The van der Waals surface area contributed by atoms with Crippen molar-refractivity contribution in [1.29, 1.82) is 0 Å². The molecule has 0 aliphatic rings. The van der Waals surface area contributed by atoms with Crippen LogP contribution in [0.2, 0.25) is 0 Å². The van der Waals surface area contributed by atoms with E-state index >= 15 is 0 Å². The summed E-state index contributed by atoms with van der Waals surface area (Å²) < 4.78 is 5.07. The fourth-order valence-electron chi connectivity index (χ4n) is 1.19. The van der Waals surface area contributed by atoms with Gasteiger partial charge >= 0.3 is 6.09 Å². The Hall–Kier alpha value is -1.98. The van der Waals surface area contributed by atoms with Crippen LogP contribution >= 0.6 is 0 Å². The molecule has 0 atom stereocenters. The topological polar surface area (TPSA) is 81.2 Å². The molecule has 1 aromatic rings. The van der Waals surface area contributed by atoms with Crippen molar-refractivity contribution in [3.63, 3.8) is 0 Å². The Bertz CT molecular complexity index is 461. The van der Waals surface area contributed by atoms with E-state index < -0.39 is 17.1 Å². The third kappa shape index (κ3) is 4.65. The zero-order valence-corrected chi connectivity index (χ0v) is 11.9. The van der Waals surface area contributed by atoms with Crippen LogP contribution in [0, 0.1) is 0 Å². The van der Waals surface area contributed by atoms with Gasteiger partial charge in [0.25, 0.3) is 0 Å². The molecule has 19 heavy (non-hydrogen) atoms. The summed E-state index contributed by atoms with van der Waals surface area (Å²) in [4.78, 5) is 30.4. The summed E-state index contributed by atoms with van der Waals surface area (Å²) >= 11 is 0. The lowest BCUT2D eigenvalue weighted by molar-refractivity contribution is -0.111. The molecule has 0 radical (unpaired) electrons. The predicted octanol–water partition coefficient (Wildman–Crippen LogP) is 2.30. The molecular formula is C13H19N3O3. The second kappa shape index (κ2) is 5.34. The van der Waals surface area contributed by atoms with Crippen molar-refractivity contribution >= 4 is 18.3 Å². The number of nitrogens with one attached hydrogen (secondary N) is 1. The molecule has 0 unspecified atom stereocenters. The molecule has 0 bridgehead atoms. The zero-order chi connectivity index (χ0) is 14.7. The van der Waals surface area contributed by atoms with Crippen LogP contribution in [-0.4, -0.2) is 27.9 Å². The van der Waals surface area contributed by atoms with Crippen LogP contribution in [0.15, 0.2) is 12.4 Å². The number of aromatic nitrogens is 2. The molecule has 1 rings (SSSR count). The summed E-state index contributed by atoms with van der Waals surface area (Å²) in [5.74, 6) is 0.139. The van der Waals surface area contributed by atoms with E-state index in [4.69, 9.17) is 4.74 Å². The van der Waals surface area contributed by atoms with Crippen molar-refractivity contribution in [2.24, 2.45) is 0 Å². The number of carbonyl (C=O) groups is 2. The number of anilines is 1. The fourth-order valence-corrected chi connectivity index (χ4v) is 1.19. The molecule has 0 aliphatic heterocycles. The van der Waals surface area contributed by atoms with Gasteiger partial charge in [-0.2, -0.15) is 0 Å². The lowest BCUT2D eigenvalue weighted by Gasteiger charge is -2.19. The minimum absolute atomic E-state index is 0.139. The van der Waals surface area contributed by atoms with Crippen molar-refractivity contribution in [3.8, 4) is 0 Å². The SMILES string of the molecule is CC(C)(C)OC(=O)Nc1ncc(C(C)(C)C=O)cn1. The highest BCUT2D eigenvalue weighted by Gasteiger charge is 2.21. The molecule has 1 heterocycles. The summed E-state index contributed by atoms with van der Waals surface area (Å²) in [6, 6.07) is 0. The number of hydrogen-bond acceptors (Lipinski definition) is 5. The van der Waals surface area contributed by atoms with Gasteiger partial charge in [-0.1, -0.05) is 0 Å². The van der Waals surface area contributed by atoms with Gasteiger partial charge in [0, 0.05) is 23.4 Å². The lowest BCUT2D eigenvalue weighted by atomic mass is 9.89. The molecule has 6 heteroatoms. The first-order valence-electron chi connectivity index (χ1n) is 5.93. The number of carbonyl (C=O) groups excluding carboxylic acids is 2. The number of hydrogen-bond donors (Lipinski definition) is 1. The van der Waals surface area contributed by atoms with Gasteiger partial charge in [-0.15, -0.1) is 0 Å². The minimum atomic E-state index is -0.648. The van der Waals surface area contributed by atoms with Crippen LogP contribution in [0.4, 0.5) is 10.7 Å². The second-order valence-electron chi connectivity index (χ2n) is 5.76. The summed E-state index contributed by atoms with van der Waals surface area (Å²) in [5.41, 5.74) is -0.550. The van der Waals surface area contributed by atoms with Crippen molar-refractivity contribution in [1.82, 2.24) is 9.97 Å². The van der Waals surface area contributed by atoms with Crippen LogP contribution < -0.4 is 5.32 Å². The van der Waals surface area contributed by atoms with Crippen molar-refractivity contribution in [2.75, 3.05) is 5.32 Å². The van der Waals surface area contributed by atoms with E-state index in [1.807, 2.05) is 0 Å². The maximum Gasteiger partial charge on any atom is 0.414 e. The van der Waals surface area contributed by atoms with Crippen LogP contribution in [-0.2, 0) is 14.9 Å². The fraction of sp³-hybridized carbons (Fsp3) is 0.538. The highest BCUT2D eigenvalue weighted by Crippen LogP contribution is 2.19. The number of aldehydes is 1. The van der Waals surface area contributed by atoms with Crippen LogP contribution in [0.3, 0.4) is 0 Å². The first kappa shape index (κ1) is 15.1. The molecule has 0 saturated carbocycles. The van der Waals surface area contributed by atoms with Gasteiger partial charge in [0.2, 0.25) is 5.95 Å². The first-order valence-corrected chi connectivity index (χ1v) is 5.93. The van der Waals surface area contributed by atoms with E-state index in [-0.39, 0.29) is 5.95 Å². The molecule has 0 saturated heterocycles. The average Bonchev–Trinajstić information content (AvgIpc) is 2.27. The molecular weight excluding hydrogens is 246 g/mol. The van der Waals surface area contributed by atoms with Gasteiger partial charge < -0.3 is 9.53 Å². The first-order chi connectivity index (χ1) is 8.64. The molecule has 1 amide bonds. The Morgan fingerprint density at radius 1 is 1.21 bits per heavy atom. The predicted molar refractivity (Wildman–Crippen MR) is 71.0 cm³/mol. The Morgan fingerprint density at radius 2 is 1.74 bits per heavy atom. The van der Waals surface area contributed by atoms with E-state index in [9.17, 15) is 9.59 Å². The molecule has 0 fully saturated rings. The van der Waals surface area contributed by atoms with Gasteiger partial charge in [0.1, 0.15) is 11.9 Å². The smallest absolute Gasteiger partial charge is 0.414 e. The van der Waals surface area contributed by atoms with E-state index in [0.29, 0.717) is 5.56 Å². The van der Waals surface area contributed by atoms with Gasteiger partial charge in [-0.05, 0) is 34.6 Å². The Balaban J connectivity index is 2.73. The molecule has 0 aliphatic carbocycles. The molecule has 0 spiro atoms. The lowest BCUT2D eigenvalue weighted by Crippen LogP contribution is -2.28. The van der Waals surface area contributed by atoms with Gasteiger partial charge in [-0.3, -0.25) is 5.32 Å². The molecule has 6 nitrogen and oxygen atoms in total. The number of amides is 1. The van der Waals surface area contributed by atoms with Gasteiger partial charge in [0.05, 0.1) is 0 Å². The zero-order valence-electron chi connectivity index (χ0n) is 11.9. The molecule has 1 N–H and O–H groups in total. The minimum Gasteiger partial charge on any atom is -0.444 e. The monoisotopic (exact) mass is 265 g/mol. The third-order valence-electron chi connectivity index (χ3n) is 2.30. The Morgan fingerprint density at radius 3 is 2.16 bits per heavy atom. The Kier molecular flexibility index (Phi) is 4.24. The summed E-state index contributed by atoms with van der Waals surface area (Å²) in [6.07, 6.45) is 3.23. The number of rotatable bonds is 3. The molecule has 104 valence electrons. The van der Waals surface area contributed by atoms with Gasteiger partial charge in [0.15, 0.2) is 0 Å². The normalized spacial score (nSPS) is 11.8. The van der Waals surface area contributed by atoms with Crippen molar-refractivity contribution in [3.05, 3.63) is 18.0 Å². The largest absolute Gasteiger partial charge is 0.444 e. The van der Waals surface area contributed by atoms with Crippen molar-refractivity contribution in [2.45, 2.75) is 45.6 Å². The van der Waals surface area contributed by atoms with Crippen LogP contribution in [0.25, 0.3) is 0 Å². The van der Waals surface area contributed by atoms with E-state index in [1.54, 1.807) is 34.6 Å². The quantitative estimate of drug-likeness (QED) is 0.848. The summed E-state index contributed by atoms with van der Waals surface area (Å²) in [5, 5.41) is 2.42. The van der Waals surface area contributed by atoms with Crippen LogP contribution in [0.1, 0.15) is 40.2 Å². The standard InChI is InChI=1S/C13H19N3O3/c1-12(2,3)19-11(18)16-10-14-6-9(7-15-10)13(4,5)8-17/h6-8H,1-5H3,(H,14,15,16,18). The highest BCUT2D eigenvalue weighted by atomic mass is 16.6. The second-order valence-corrected chi connectivity index (χ2v) is 5.76. The third-order valence-corrected chi connectivity index (χ3v) is 2.30. The van der Waals surface area contributed by atoms with Crippen molar-refractivity contribution < 1.29 is 14.3 Å². The van der Waals surface area contributed by atoms with E-state index in [1.165, 1.54) is 12.4 Å². The van der Waals surface area contributed by atoms with E-state index in [2.05, 4.69) is 15.3 Å². The summed E-state index contributed by atoms with van der Waals surface area (Å²) in [7, 11) is 0. The highest BCUT2D eigenvalue weighted by molar-refractivity contribution is 5.82. The van der Waals surface area contributed by atoms with Gasteiger partial charge in [-0.25, -0.2) is 14.8 Å². The number of nitrogens with zero attached hydrogens (tertiary/aromatic N) is 2. The summed E-state index contributed by atoms with van der Waals surface area (Å²) in [6.45, 7) is 8.83. The molecule has 1 aromatic heterocycles. The number of ether oxygens (including phenoxy) is 1. The maximum atomic E-state index is 11.5. The molecule has 0 aromatic carbocycles. The average molecular weight is 265 g/mol. The van der Waals surface area contributed by atoms with Crippen LogP contribution in [0.5, 0.6) is 0 Å². The maximum absolute atomic E-state index is 11.5. The Labute approximate surface area is 112 Å². The van der Waals surface area contributed by atoms with E-state index in [0.717, 1.165) is 6.29 Å².